The monoisotopic (exact) mass is 385 g/mol. The van der Waals surface area contributed by atoms with Crippen LogP contribution in [0, 0.1) is 13.7 Å². The molecule has 0 saturated carbocycles. The molecule has 1 heterocycles. The number of hydrogen-bond acceptors (Lipinski definition) is 5. The van der Waals surface area contributed by atoms with Gasteiger partial charge in [-0.3, -0.25) is 10.1 Å². The van der Waals surface area contributed by atoms with Crippen LogP contribution in [0.5, 0.6) is 5.88 Å². The van der Waals surface area contributed by atoms with Gasteiger partial charge in [0.15, 0.2) is 0 Å². The number of benzene rings is 1. The van der Waals surface area contributed by atoms with E-state index in [1.165, 1.54) is 12.1 Å². The molecule has 0 unspecified atom stereocenters. The van der Waals surface area contributed by atoms with Gasteiger partial charge in [0.1, 0.15) is 0 Å². The van der Waals surface area contributed by atoms with Crippen molar-refractivity contribution < 1.29 is 9.66 Å². The van der Waals surface area contributed by atoms with Gasteiger partial charge in [-0.05, 0) is 34.2 Å². The lowest BCUT2D eigenvalue weighted by Gasteiger charge is -2.08. The number of halogens is 1. The van der Waals surface area contributed by atoms with Gasteiger partial charge in [-0.1, -0.05) is 6.07 Å². The summed E-state index contributed by atoms with van der Waals surface area (Å²) in [5.41, 5.74) is 1.94. The molecular weight excluding hydrogens is 373 g/mol. The third-order valence-electron chi connectivity index (χ3n) is 2.65. The molecule has 0 fully saturated rings. The van der Waals surface area contributed by atoms with Crippen molar-refractivity contribution in [2.75, 3.05) is 12.4 Å². The van der Waals surface area contributed by atoms with Crippen LogP contribution in [-0.4, -0.2) is 17.0 Å². The van der Waals surface area contributed by atoms with Crippen LogP contribution in [0.25, 0.3) is 0 Å². The van der Waals surface area contributed by atoms with Crippen LogP contribution in [0.3, 0.4) is 0 Å². The standard InChI is InChI=1S/C13H12IN3O3/c1-20-13-5-2-9(8-16-13)7-15-12-4-3-10(17(18)19)6-11(12)14/h2-6,8,15H,7H2,1H3. The van der Waals surface area contributed by atoms with E-state index >= 15 is 0 Å². The van der Waals surface area contributed by atoms with E-state index < -0.39 is 4.92 Å². The fourth-order valence-electron chi connectivity index (χ4n) is 1.59. The normalized spacial score (nSPS) is 10.1. The maximum absolute atomic E-state index is 10.7. The van der Waals surface area contributed by atoms with Crippen LogP contribution >= 0.6 is 22.6 Å². The van der Waals surface area contributed by atoms with E-state index in [2.05, 4.69) is 32.9 Å². The largest absolute Gasteiger partial charge is 0.481 e. The molecule has 6 nitrogen and oxygen atoms in total. The molecule has 0 aliphatic rings. The first-order valence-electron chi connectivity index (χ1n) is 5.77. The summed E-state index contributed by atoms with van der Waals surface area (Å²) >= 11 is 2.07. The minimum absolute atomic E-state index is 0.0889. The summed E-state index contributed by atoms with van der Waals surface area (Å²) in [6.07, 6.45) is 1.73. The molecule has 7 heteroatoms. The van der Waals surface area contributed by atoms with Crippen LogP contribution in [0.2, 0.25) is 0 Å². The van der Waals surface area contributed by atoms with Crippen molar-refractivity contribution in [2.45, 2.75) is 6.54 Å². The zero-order valence-corrected chi connectivity index (χ0v) is 12.8. The summed E-state index contributed by atoms with van der Waals surface area (Å²) in [7, 11) is 1.57. The number of non-ortho nitro benzene ring substituents is 1. The fourth-order valence-corrected chi connectivity index (χ4v) is 2.28. The van der Waals surface area contributed by atoms with Gasteiger partial charge in [0, 0.05) is 40.2 Å². The summed E-state index contributed by atoms with van der Waals surface area (Å²) in [4.78, 5) is 14.4. The number of aromatic nitrogens is 1. The van der Waals surface area contributed by atoms with E-state index in [0.29, 0.717) is 12.4 Å². The highest BCUT2D eigenvalue weighted by molar-refractivity contribution is 14.1. The summed E-state index contributed by atoms with van der Waals surface area (Å²) in [5, 5.41) is 13.9. The van der Waals surface area contributed by atoms with Gasteiger partial charge in [0.25, 0.3) is 5.69 Å². The fraction of sp³-hybridized carbons (Fsp3) is 0.154. The van der Waals surface area contributed by atoms with Crippen LogP contribution in [0.1, 0.15) is 5.56 Å². The molecular formula is C13H12IN3O3. The van der Waals surface area contributed by atoms with Crippen molar-refractivity contribution >= 4 is 34.0 Å². The van der Waals surface area contributed by atoms with Gasteiger partial charge in [-0.15, -0.1) is 0 Å². The summed E-state index contributed by atoms with van der Waals surface area (Å²) in [5.74, 6) is 0.568. The Balaban J connectivity index is 2.04. The van der Waals surface area contributed by atoms with Crippen LogP contribution in [-0.2, 0) is 6.54 Å². The lowest BCUT2D eigenvalue weighted by Crippen LogP contribution is -2.02. The van der Waals surface area contributed by atoms with Gasteiger partial charge in [0.2, 0.25) is 5.88 Å². The predicted octanol–water partition coefficient (Wildman–Crippen LogP) is 3.22. The molecule has 1 aromatic heterocycles. The quantitative estimate of drug-likeness (QED) is 0.486. The molecule has 2 rings (SSSR count). The molecule has 0 aliphatic carbocycles. The van der Waals surface area contributed by atoms with Gasteiger partial charge in [-0.25, -0.2) is 4.98 Å². The number of nitrogens with zero attached hydrogens (tertiary/aromatic N) is 2. The molecule has 0 aliphatic heterocycles. The highest BCUT2D eigenvalue weighted by atomic mass is 127. The van der Waals surface area contributed by atoms with Crippen molar-refractivity contribution in [3.63, 3.8) is 0 Å². The van der Waals surface area contributed by atoms with E-state index in [1.54, 1.807) is 25.4 Å². The third kappa shape index (κ3) is 3.56. The second kappa shape index (κ2) is 6.51. The number of nitro benzene ring substituents is 1. The van der Waals surface area contributed by atoms with Gasteiger partial charge >= 0.3 is 0 Å². The second-order valence-corrected chi connectivity index (χ2v) is 5.15. The van der Waals surface area contributed by atoms with Gasteiger partial charge in [-0.2, -0.15) is 0 Å². The van der Waals surface area contributed by atoms with E-state index in [0.717, 1.165) is 14.8 Å². The Hall–Kier alpha value is -1.90. The molecule has 104 valence electrons. The first-order valence-corrected chi connectivity index (χ1v) is 6.85. The Labute approximate surface area is 129 Å². The van der Waals surface area contributed by atoms with Crippen molar-refractivity contribution in [2.24, 2.45) is 0 Å². The Morgan fingerprint density at radius 3 is 2.75 bits per heavy atom. The molecule has 20 heavy (non-hydrogen) atoms. The summed E-state index contributed by atoms with van der Waals surface area (Å²) in [6, 6.07) is 8.43. The molecule has 0 atom stereocenters. The lowest BCUT2D eigenvalue weighted by molar-refractivity contribution is -0.384. The lowest BCUT2D eigenvalue weighted by atomic mass is 10.2. The number of nitrogens with one attached hydrogen (secondary N) is 1. The molecule has 1 N–H and O–H groups in total. The molecule has 0 spiro atoms. The summed E-state index contributed by atoms with van der Waals surface area (Å²) < 4.78 is 5.79. The number of methoxy groups -OCH3 is 1. The van der Waals surface area contributed by atoms with Crippen LogP contribution in [0.4, 0.5) is 11.4 Å². The van der Waals surface area contributed by atoms with Crippen molar-refractivity contribution in [3.8, 4) is 5.88 Å². The first kappa shape index (κ1) is 14.5. The number of anilines is 1. The Kier molecular flexibility index (Phi) is 4.72. The smallest absolute Gasteiger partial charge is 0.270 e. The Bertz CT molecular complexity index is 617. The number of ether oxygens (including phenoxy) is 1. The number of hydrogen-bond donors (Lipinski definition) is 1. The van der Waals surface area contributed by atoms with Crippen molar-refractivity contribution in [1.29, 1.82) is 0 Å². The maximum Gasteiger partial charge on any atom is 0.270 e. The highest BCUT2D eigenvalue weighted by Gasteiger charge is 2.08. The maximum atomic E-state index is 10.7. The minimum Gasteiger partial charge on any atom is -0.481 e. The van der Waals surface area contributed by atoms with Crippen LogP contribution < -0.4 is 10.1 Å². The zero-order valence-electron chi connectivity index (χ0n) is 10.7. The molecule has 2 aromatic rings. The van der Waals surface area contributed by atoms with Crippen molar-refractivity contribution in [1.82, 2.24) is 4.98 Å². The van der Waals surface area contributed by atoms with E-state index in [-0.39, 0.29) is 5.69 Å². The number of rotatable bonds is 5. The first-order chi connectivity index (χ1) is 9.60. The van der Waals surface area contributed by atoms with Gasteiger partial charge in [0.05, 0.1) is 12.0 Å². The molecule has 0 radical (unpaired) electrons. The molecule has 0 amide bonds. The zero-order chi connectivity index (χ0) is 14.5. The predicted molar refractivity (Wildman–Crippen MR) is 83.9 cm³/mol. The Morgan fingerprint density at radius 1 is 1.40 bits per heavy atom. The van der Waals surface area contributed by atoms with Gasteiger partial charge < -0.3 is 10.1 Å². The van der Waals surface area contributed by atoms with Crippen molar-refractivity contribution in [3.05, 3.63) is 55.8 Å². The highest BCUT2D eigenvalue weighted by Crippen LogP contribution is 2.24. The van der Waals surface area contributed by atoms with Crippen LogP contribution in [0.15, 0.2) is 36.5 Å². The average molecular weight is 385 g/mol. The topological polar surface area (TPSA) is 77.3 Å². The molecule has 0 saturated heterocycles. The van der Waals surface area contributed by atoms with E-state index in [1.807, 2.05) is 6.07 Å². The summed E-state index contributed by atoms with van der Waals surface area (Å²) in [6.45, 7) is 0.588. The van der Waals surface area contributed by atoms with E-state index in [4.69, 9.17) is 4.74 Å². The third-order valence-corrected chi connectivity index (χ3v) is 3.55. The molecule has 1 aromatic carbocycles. The number of nitro groups is 1. The number of pyridine rings is 1. The second-order valence-electron chi connectivity index (χ2n) is 3.98. The van der Waals surface area contributed by atoms with E-state index in [9.17, 15) is 10.1 Å². The SMILES string of the molecule is COc1ccc(CNc2ccc([N+](=O)[O-])cc2I)cn1. The minimum atomic E-state index is -0.403. The Morgan fingerprint density at radius 2 is 2.20 bits per heavy atom. The molecule has 0 bridgehead atoms. The average Bonchev–Trinajstić information content (AvgIpc) is 2.46.